The first-order valence-electron chi connectivity index (χ1n) is 5.24. The second kappa shape index (κ2) is 4.44. The molecule has 1 aliphatic rings. The Morgan fingerprint density at radius 2 is 2.21 bits per heavy atom. The van der Waals surface area contributed by atoms with Crippen LogP contribution in [0.2, 0.25) is 25.2 Å². The Balaban J connectivity index is 2.65. The minimum absolute atomic E-state index is 0.206. The van der Waals surface area contributed by atoms with Crippen molar-refractivity contribution < 1.29 is 14.6 Å². The van der Waals surface area contributed by atoms with Gasteiger partial charge < -0.3 is 9.84 Å². The lowest BCUT2D eigenvalue weighted by Crippen LogP contribution is -2.37. The average molecular weight is 216 g/mol. The van der Waals surface area contributed by atoms with E-state index in [-0.39, 0.29) is 18.1 Å². The first kappa shape index (κ1) is 11.7. The van der Waals surface area contributed by atoms with Crippen molar-refractivity contribution in [3.63, 3.8) is 0 Å². The van der Waals surface area contributed by atoms with E-state index in [0.717, 1.165) is 19.4 Å². The van der Waals surface area contributed by atoms with Crippen LogP contribution in [0.3, 0.4) is 0 Å². The number of hydrogen-bond donors (Lipinski definition) is 1. The van der Waals surface area contributed by atoms with Crippen molar-refractivity contribution in [2.45, 2.75) is 50.5 Å². The second-order valence-electron chi connectivity index (χ2n) is 5.12. The molecule has 1 saturated heterocycles. The molecular weight excluding hydrogens is 196 g/mol. The molecule has 1 heterocycles. The van der Waals surface area contributed by atoms with Crippen LogP contribution in [0.1, 0.15) is 19.3 Å². The Bertz CT molecular complexity index is 204. The van der Waals surface area contributed by atoms with Crippen LogP contribution in [-0.4, -0.2) is 31.9 Å². The zero-order valence-electron chi connectivity index (χ0n) is 9.25. The fourth-order valence-electron chi connectivity index (χ4n) is 2.10. The van der Waals surface area contributed by atoms with E-state index in [1.54, 1.807) is 0 Å². The van der Waals surface area contributed by atoms with E-state index < -0.39 is 14.0 Å². The number of rotatable bonds is 4. The molecule has 1 N–H and O–H groups in total. The van der Waals surface area contributed by atoms with Crippen LogP contribution >= 0.6 is 0 Å². The molecule has 0 amide bonds. The molecule has 1 rings (SSSR count). The van der Waals surface area contributed by atoms with E-state index in [9.17, 15) is 4.79 Å². The molecule has 0 aliphatic carbocycles. The molecule has 0 aromatic heterocycles. The lowest BCUT2D eigenvalue weighted by Gasteiger charge is -2.32. The van der Waals surface area contributed by atoms with E-state index in [0.29, 0.717) is 0 Å². The number of carbonyl (C=O) groups is 1. The standard InChI is InChI=1S/C10H20O3Si/c1-14(2,3)9(7-10(11)12)8-5-4-6-13-8/h8-9H,4-7H2,1-3H3,(H,11,12). The molecule has 0 spiro atoms. The van der Waals surface area contributed by atoms with Crippen LogP contribution in [0.4, 0.5) is 0 Å². The SMILES string of the molecule is C[Si](C)(C)C(CC(=O)O)C1CCCO1. The minimum atomic E-state index is -1.42. The summed E-state index contributed by atoms with van der Waals surface area (Å²) in [7, 11) is -1.42. The van der Waals surface area contributed by atoms with Crippen molar-refractivity contribution in [1.82, 2.24) is 0 Å². The van der Waals surface area contributed by atoms with Crippen LogP contribution < -0.4 is 0 Å². The van der Waals surface area contributed by atoms with Crippen LogP contribution in [0.25, 0.3) is 0 Å². The molecule has 0 radical (unpaired) electrons. The molecule has 0 aromatic rings. The molecule has 0 aromatic carbocycles. The summed E-state index contributed by atoms with van der Waals surface area (Å²) in [6.45, 7) is 7.48. The summed E-state index contributed by atoms with van der Waals surface area (Å²) in [5.41, 5.74) is 0.266. The number of ether oxygens (including phenoxy) is 1. The highest BCUT2D eigenvalue weighted by atomic mass is 28.3. The molecule has 4 heteroatoms. The van der Waals surface area contributed by atoms with Crippen LogP contribution in [-0.2, 0) is 9.53 Å². The topological polar surface area (TPSA) is 46.5 Å². The summed E-state index contributed by atoms with van der Waals surface area (Å²) in [5, 5.41) is 8.87. The highest BCUT2D eigenvalue weighted by Gasteiger charge is 2.37. The van der Waals surface area contributed by atoms with Crippen molar-refractivity contribution in [1.29, 1.82) is 0 Å². The van der Waals surface area contributed by atoms with Gasteiger partial charge in [0, 0.05) is 13.0 Å². The fourth-order valence-corrected chi connectivity index (χ4v) is 4.27. The monoisotopic (exact) mass is 216 g/mol. The predicted molar refractivity (Wildman–Crippen MR) is 58.3 cm³/mol. The average Bonchev–Trinajstić information content (AvgIpc) is 2.49. The lowest BCUT2D eigenvalue weighted by molar-refractivity contribution is -0.137. The van der Waals surface area contributed by atoms with Gasteiger partial charge in [-0.3, -0.25) is 4.79 Å². The zero-order valence-corrected chi connectivity index (χ0v) is 10.2. The van der Waals surface area contributed by atoms with Gasteiger partial charge in [0.25, 0.3) is 0 Å². The number of hydrogen-bond acceptors (Lipinski definition) is 2. The van der Waals surface area contributed by atoms with Crippen molar-refractivity contribution in [3.8, 4) is 0 Å². The first-order valence-corrected chi connectivity index (χ1v) is 8.82. The van der Waals surface area contributed by atoms with E-state index >= 15 is 0 Å². The van der Waals surface area contributed by atoms with Gasteiger partial charge in [-0.2, -0.15) is 0 Å². The Hall–Kier alpha value is -0.353. The van der Waals surface area contributed by atoms with Gasteiger partial charge in [-0.15, -0.1) is 0 Å². The maximum atomic E-state index is 10.8. The normalized spacial score (nSPS) is 24.9. The van der Waals surface area contributed by atoms with Gasteiger partial charge in [-0.25, -0.2) is 0 Å². The van der Waals surface area contributed by atoms with Gasteiger partial charge in [0.15, 0.2) is 0 Å². The van der Waals surface area contributed by atoms with Crippen LogP contribution in [0.15, 0.2) is 0 Å². The van der Waals surface area contributed by atoms with Gasteiger partial charge in [0.05, 0.1) is 14.2 Å². The smallest absolute Gasteiger partial charge is 0.303 e. The molecule has 1 fully saturated rings. The third-order valence-corrected chi connectivity index (χ3v) is 5.72. The van der Waals surface area contributed by atoms with Crippen LogP contribution in [0, 0.1) is 0 Å². The predicted octanol–water partition coefficient (Wildman–Crippen LogP) is 2.35. The maximum absolute atomic E-state index is 10.8. The van der Waals surface area contributed by atoms with Crippen molar-refractivity contribution in [2.75, 3.05) is 6.61 Å². The number of carboxylic acid groups (broad SMARTS) is 1. The van der Waals surface area contributed by atoms with E-state index in [4.69, 9.17) is 9.84 Å². The summed E-state index contributed by atoms with van der Waals surface area (Å²) in [5.74, 6) is -0.687. The first-order chi connectivity index (χ1) is 6.41. The Morgan fingerprint density at radius 1 is 1.57 bits per heavy atom. The second-order valence-corrected chi connectivity index (χ2v) is 10.6. The van der Waals surface area contributed by atoms with Crippen LogP contribution in [0.5, 0.6) is 0 Å². The van der Waals surface area contributed by atoms with Gasteiger partial charge in [-0.1, -0.05) is 19.6 Å². The number of carboxylic acids is 1. The van der Waals surface area contributed by atoms with Crippen molar-refractivity contribution >= 4 is 14.0 Å². The van der Waals surface area contributed by atoms with Gasteiger partial charge >= 0.3 is 5.97 Å². The quantitative estimate of drug-likeness (QED) is 0.734. The molecule has 3 nitrogen and oxygen atoms in total. The molecule has 14 heavy (non-hydrogen) atoms. The largest absolute Gasteiger partial charge is 0.481 e. The Labute approximate surface area is 86.5 Å². The zero-order chi connectivity index (χ0) is 10.8. The molecule has 0 bridgehead atoms. The molecule has 82 valence electrons. The van der Waals surface area contributed by atoms with Crippen molar-refractivity contribution in [3.05, 3.63) is 0 Å². The number of aliphatic carboxylic acids is 1. The summed E-state index contributed by atoms with van der Waals surface area (Å²) in [6.07, 6.45) is 2.62. The minimum Gasteiger partial charge on any atom is -0.481 e. The molecule has 2 unspecified atom stereocenters. The summed E-state index contributed by atoms with van der Waals surface area (Å²) >= 11 is 0. The van der Waals surface area contributed by atoms with E-state index in [1.807, 2.05) is 0 Å². The fraction of sp³-hybridized carbons (Fsp3) is 0.900. The highest BCUT2D eigenvalue weighted by molar-refractivity contribution is 6.77. The summed E-state index contributed by atoms with van der Waals surface area (Å²) < 4.78 is 5.61. The summed E-state index contributed by atoms with van der Waals surface area (Å²) in [4.78, 5) is 10.8. The third kappa shape index (κ3) is 3.10. The highest BCUT2D eigenvalue weighted by Crippen LogP contribution is 2.35. The maximum Gasteiger partial charge on any atom is 0.303 e. The van der Waals surface area contributed by atoms with Gasteiger partial charge in [0.1, 0.15) is 0 Å². The molecular formula is C10H20O3Si. The van der Waals surface area contributed by atoms with E-state index in [2.05, 4.69) is 19.6 Å². The molecule has 1 aliphatic heterocycles. The van der Waals surface area contributed by atoms with Gasteiger partial charge in [0.2, 0.25) is 0 Å². The Morgan fingerprint density at radius 3 is 2.57 bits per heavy atom. The van der Waals surface area contributed by atoms with Crippen molar-refractivity contribution in [2.24, 2.45) is 0 Å². The third-order valence-electron chi connectivity index (χ3n) is 2.92. The molecule has 2 atom stereocenters. The molecule has 0 saturated carbocycles. The summed E-state index contributed by atoms with van der Waals surface area (Å²) in [6, 6.07) is 0. The Kier molecular flexibility index (Phi) is 3.72. The van der Waals surface area contributed by atoms with E-state index in [1.165, 1.54) is 0 Å². The van der Waals surface area contributed by atoms with Gasteiger partial charge in [-0.05, 0) is 18.4 Å². The lowest BCUT2D eigenvalue weighted by atomic mass is 10.1.